The summed E-state index contributed by atoms with van der Waals surface area (Å²) in [5.41, 5.74) is 7.45. The number of hydrogen-bond acceptors (Lipinski definition) is 4. The number of carbonyl (C=O) groups is 1. The normalized spacial score (nSPS) is 10.4. The number of ether oxygens (including phenoxy) is 1. The fraction of sp³-hybridized carbons (Fsp3) is 0.133. The lowest BCUT2D eigenvalue weighted by atomic mass is 10.1. The van der Waals surface area contributed by atoms with Crippen molar-refractivity contribution in [2.75, 3.05) is 12.8 Å². The first-order chi connectivity index (χ1) is 10.0. The maximum Gasteiger partial charge on any atom is 0.340 e. The molecule has 6 heteroatoms. The third-order valence-corrected chi connectivity index (χ3v) is 4.63. The van der Waals surface area contributed by atoms with Crippen LogP contribution in [0.15, 0.2) is 41.3 Å². The van der Waals surface area contributed by atoms with Gasteiger partial charge in [-0.3, -0.25) is 0 Å². The lowest BCUT2D eigenvalue weighted by Crippen LogP contribution is -2.09. The predicted octanol–water partition coefficient (Wildman–Crippen LogP) is 4.65. The molecule has 0 aliphatic heterocycles. The largest absolute Gasteiger partial charge is 0.465 e. The Balaban J connectivity index is 2.26. The van der Waals surface area contributed by atoms with Gasteiger partial charge in [-0.05, 0) is 29.8 Å². The molecule has 0 heterocycles. The van der Waals surface area contributed by atoms with E-state index in [0.717, 1.165) is 10.5 Å². The van der Waals surface area contributed by atoms with Gasteiger partial charge in [-0.25, -0.2) is 4.79 Å². The summed E-state index contributed by atoms with van der Waals surface area (Å²) in [6.45, 7) is 0. The number of nitrogen functional groups attached to an aromatic ring is 1. The molecule has 21 heavy (non-hydrogen) atoms. The molecule has 0 unspecified atom stereocenters. The molecule has 0 saturated carbocycles. The molecule has 3 nitrogen and oxygen atoms in total. The van der Waals surface area contributed by atoms with Crippen molar-refractivity contribution in [3.8, 4) is 0 Å². The van der Waals surface area contributed by atoms with Gasteiger partial charge in [0.1, 0.15) is 0 Å². The Kier molecular flexibility index (Phi) is 5.39. The Morgan fingerprint density at radius 1 is 1.29 bits per heavy atom. The van der Waals surface area contributed by atoms with Gasteiger partial charge in [0.2, 0.25) is 0 Å². The first-order valence-electron chi connectivity index (χ1n) is 6.06. The van der Waals surface area contributed by atoms with Crippen molar-refractivity contribution in [1.29, 1.82) is 0 Å². The van der Waals surface area contributed by atoms with E-state index in [9.17, 15) is 4.79 Å². The lowest BCUT2D eigenvalue weighted by Gasteiger charge is -2.11. The van der Waals surface area contributed by atoms with Crippen LogP contribution < -0.4 is 5.73 Å². The number of carbonyl (C=O) groups excluding carboxylic acids is 1. The van der Waals surface area contributed by atoms with Crippen LogP contribution in [-0.4, -0.2) is 13.1 Å². The molecule has 0 spiro atoms. The van der Waals surface area contributed by atoms with Crippen LogP contribution >= 0.6 is 35.0 Å². The van der Waals surface area contributed by atoms with E-state index in [-0.39, 0.29) is 0 Å². The number of methoxy groups -OCH3 is 1. The zero-order chi connectivity index (χ0) is 15.4. The molecular formula is C15H13Cl2NO2S. The number of halogens is 2. The summed E-state index contributed by atoms with van der Waals surface area (Å²) in [4.78, 5) is 12.7. The molecule has 0 aliphatic rings. The Bertz CT molecular complexity index is 677. The smallest absolute Gasteiger partial charge is 0.340 e. The topological polar surface area (TPSA) is 52.3 Å². The molecule has 0 bridgehead atoms. The van der Waals surface area contributed by atoms with Crippen LogP contribution in [0.5, 0.6) is 0 Å². The van der Waals surface area contributed by atoms with Gasteiger partial charge in [-0.15, -0.1) is 11.8 Å². The Morgan fingerprint density at radius 2 is 2.05 bits per heavy atom. The Labute approximate surface area is 137 Å². The predicted molar refractivity (Wildman–Crippen MR) is 88.2 cm³/mol. The first-order valence-corrected chi connectivity index (χ1v) is 7.80. The Morgan fingerprint density at radius 3 is 2.76 bits per heavy atom. The molecule has 0 radical (unpaired) electrons. The van der Waals surface area contributed by atoms with Gasteiger partial charge in [-0.1, -0.05) is 35.3 Å². The average molecular weight is 342 g/mol. The summed E-state index contributed by atoms with van der Waals surface area (Å²) in [6, 6.07) is 10.6. The van der Waals surface area contributed by atoms with E-state index < -0.39 is 5.97 Å². The molecule has 0 aliphatic carbocycles. The van der Waals surface area contributed by atoms with E-state index >= 15 is 0 Å². The fourth-order valence-electron chi connectivity index (χ4n) is 1.83. The molecule has 2 aromatic carbocycles. The van der Waals surface area contributed by atoms with Crippen LogP contribution in [0.2, 0.25) is 10.0 Å². The highest BCUT2D eigenvalue weighted by Gasteiger charge is 2.15. The highest BCUT2D eigenvalue weighted by Crippen LogP contribution is 2.33. The van der Waals surface area contributed by atoms with Gasteiger partial charge in [-0.2, -0.15) is 0 Å². The zero-order valence-electron chi connectivity index (χ0n) is 11.2. The number of hydrogen-bond donors (Lipinski definition) is 1. The fourth-order valence-corrected chi connectivity index (χ4v) is 3.32. The number of rotatable bonds is 4. The summed E-state index contributed by atoms with van der Waals surface area (Å²) in [6.07, 6.45) is 0. The molecule has 0 atom stereocenters. The maximum absolute atomic E-state index is 11.8. The van der Waals surface area contributed by atoms with Gasteiger partial charge in [0, 0.05) is 21.4 Å². The molecule has 0 aromatic heterocycles. The van der Waals surface area contributed by atoms with Crippen molar-refractivity contribution < 1.29 is 9.53 Å². The van der Waals surface area contributed by atoms with E-state index in [1.54, 1.807) is 30.3 Å². The minimum atomic E-state index is -0.444. The van der Waals surface area contributed by atoms with Crippen molar-refractivity contribution in [1.82, 2.24) is 0 Å². The van der Waals surface area contributed by atoms with E-state index in [0.29, 0.717) is 27.0 Å². The van der Waals surface area contributed by atoms with Crippen molar-refractivity contribution in [3.63, 3.8) is 0 Å². The van der Waals surface area contributed by atoms with Crippen molar-refractivity contribution in [2.24, 2.45) is 0 Å². The van der Waals surface area contributed by atoms with E-state index in [4.69, 9.17) is 33.7 Å². The number of anilines is 1. The summed E-state index contributed by atoms with van der Waals surface area (Å²) in [5.74, 6) is 0.0936. The van der Waals surface area contributed by atoms with Crippen LogP contribution in [0, 0.1) is 0 Å². The number of thioether (sulfide) groups is 1. The summed E-state index contributed by atoms with van der Waals surface area (Å²) in [7, 11) is 1.33. The highest BCUT2D eigenvalue weighted by atomic mass is 35.5. The van der Waals surface area contributed by atoms with Crippen LogP contribution in [-0.2, 0) is 10.5 Å². The van der Waals surface area contributed by atoms with E-state index in [1.807, 2.05) is 6.07 Å². The van der Waals surface area contributed by atoms with Crippen LogP contribution in [0.3, 0.4) is 0 Å². The van der Waals surface area contributed by atoms with Gasteiger partial charge < -0.3 is 10.5 Å². The van der Waals surface area contributed by atoms with Crippen molar-refractivity contribution in [2.45, 2.75) is 10.6 Å². The lowest BCUT2D eigenvalue weighted by molar-refractivity contribution is 0.0601. The quantitative estimate of drug-likeness (QED) is 0.499. The zero-order valence-corrected chi connectivity index (χ0v) is 13.6. The van der Waals surface area contributed by atoms with Crippen molar-refractivity contribution in [3.05, 3.63) is 57.6 Å². The van der Waals surface area contributed by atoms with E-state index in [1.165, 1.54) is 18.9 Å². The number of nitrogens with two attached hydrogens (primary N) is 1. The summed E-state index contributed by atoms with van der Waals surface area (Å²) >= 11 is 13.6. The minimum absolute atomic E-state index is 0.394. The van der Waals surface area contributed by atoms with Gasteiger partial charge in [0.25, 0.3) is 0 Å². The molecule has 0 saturated heterocycles. The van der Waals surface area contributed by atoms with Crippen LogP contribution in [0.4, 0.5) is 5.69 Å². The third kappa shape index (κ3) is 3.84. The third-order valence-electron chi connectivity index (χ3n) is 2.85. The number of esters is 1. The second kappa shape index (κ2) is 7.07. The van der Waals surface area contributed by atoms with Gasteiger partial charge in [0.05, 0.1) is 17.7 Å². The second-order valence-electron chi connectivity index (χ2n) is 4.24. The Hall–Kier alpha value is -1.36. The highest BCUT2D eigenvalue weighted by molar-refractivity contribution is 7.98. The second-order valence-corrected chi connectivity index (χ2v) is 6.10. The standard InChI is InChI=1S/C15H13Cl2NO2S/c1-20-15(19)14-9(3-2-4-12(14)18)8-21-13-7-10(16)5-6-11(13)17/h2-7H,8,18H2,1H3. The minimum Gasteiger partial charge on any atom is -0.465 e. The SMILES string of the molecule is COC(=O)c1c(N)cccc1CSc1cc(Cl)ccc1Cl. The monoisotopic (exact) mass is 341 g/mol. The molecular weight excluding hydrogens is 329 g/mol. The van der Waals surface area contributed by atoms with Gasteiger partial charge >= 0.3 is 5.97 Å². The summed E-state index contributed by atoms with van der Waals surface area (Å²) < 4.78 is 4.78. The first kappa shape index (κ1) is 16.0. The molecule has 0 amide bonds. The maximum atomic E-state index is 11.8. The molecule has 2 aromatic rings. The molecule has 2 N–H and O–H groups in total. The number of benzene rings is 2. The summed E-state index contributed by atoms with van der Waals surface area (Å²) in [5, 5.41) is 1.23. The van der Waals surface area contributed by atoms with Crippen LogP contribution in [0.25, 0.3) is 0 Å². The molecule has 110 valence electrons. The molecule has 0 fully saturated rings. The van der Waals surface area contributed by atoms with Crippen molar-refractivity contribution >= 4 is 46.6 Å². The average Bonchev–Trinajstić information content (AvgIpc) is 2.47. The van der Waals surface area contributed by atoms with E-state index in [2.05, 4.69) is 0 Å². The molecule has 2 rings (SSSR count). The van der Waals surface area contributed by atoms with Crippen LogP contribution in [0.1, 0.15) is 15.9 Å². The van der Waals surface area contributed by atoms with Gasteiger partial charge in [0.15, 0.2) is 0 Å².